The topological polar surface area (TPSA) is 9.86 Å². The Hall–Kier alpha value is -3.52. The second-order valence-corrected chi connectivity index (χ2v) is 7.13. The van der Waals surface area contributed by atoms with Crippen LogP contribution in [0.2, 0.25) is 0 Å². The quantitative estimate of drug-likeness (QED) is 0.328. The summed E-state index contributed by atoms with van der Waals surface area (Å²) in [6.45, 7) is 6.13. The van der Waals surface area contributed by atoms with Crippen LogP contribution in [-0.2, 0) is 7.05 Å². The van der Waals surface area contributed by atoms with Crippen LogP contribution < -0.4 is 0 Å². The van der Waals surface area contributed by atoms with Crippen molar-refractivity contribution in [3.05, 3.63) is 90.6 Å². The molecule has 5 aromatic rings. The van der Waals surface area contributed by atoms with Crippen molar-refractivity contribution in [1.82, 2.24) is 9.13 Å². The van der Waals surface area contributed by atoms with Gasteiger partial charge in [0.2, 0.25) is 0 Å². The standard InChI is InChI=1S/C26H22N2/c1-4-10-25-19(5-2)20-11-7-9-14-26(20)28(25)18-15-16-24-22(17-18)21-12-6-8-13-23(21)27(24)3/h4-17H,2H2,1,3H3/b10-4-. The molecular formula is C26H22N2. The lowest BCUT2D eigenvalue weighted by Gasteiger charge is -2.10. The van der Waals surface area contributed by atoms with E-state index in [-0.39, 0.29) is 0 Å². The van der Waals surface area contributed by atoms with E-state index in [1.807, 2.05) is 6.08 Å². The van der Waals surface area contributed by atoms with Crippen molar-refractivity contribution in [2.45, 2.75) is 6.92 Å². The fourth-order valence-electron chi connectivity index (χ4n) is 4.39. The number of aryl methyl sites for hydroxylation is 1. The highest BCUT2D eigenvalue weighted by molar-refractivity contribution is 6.09. The molecule has 0 atom stereocenters. The van der Waals surface area contributed by atoms with Crippen LogP contribution in [0.4, 0.5) is 0 Å². The first kappa shape index (κ1) is 16.6. The van der Waals surface area contributed by atoms with E-state index in [4.69, 9.17) is 0 Å². The number of nitrogens with zero attached hydrogens (tertiary/aromatic N) is 2. The summed E-state index contributed by atoms with van der Waals surface area (Å²) in [6.07, 6.45) is 6.23. The lowest BCUT2D eigenvalue weighted by atomic mass is 10.1. The number of aromatic nitrogens is 2. The third-order valence-electron chi connectivity index (χ3n) is 5.64. The van der Waals surface area contributed by atoms with Crippen LogP contribution >= 0.6 is 0 Å². The molecule has 28 heavy (non-hydrogen) atoms. The first-order chi connectivity index (χ1) is 13.7. The molecule has 2 heterocycles. The van der Waals surface area contributed by atoms with Crippen molar-refractivity contribution in [2.75, 3.05) is 0 Å². The molecule has 0 fully saturated rings. The summed E-state index contributed by atoms with van der Waals surface area (Å²) in [5.74, 6) is 0. The van der Waals surface area contributed by atoms with Crippen LogP contribution in [0.5, 0.6) is 0 Å². The molecule has 0 spiro atoms. The summed E-state index contributed by atoms with van der Waals surface area (Å²) in [5.41, 5.74) is 7.21. The average molecular weight is 362 g/mol. The molecule has 0 bridgehead atoms. The van der Waals surface area contributed by atoms with Crippen molar-refractivity contribution in [3.8, 4) is 5.69 Å². The van der Waals surface area contributed by atoms with Crippen molar-refractivity contribution in [2.24, 2.45) is 7.05 Å². The van der Waals surface area contributed by atoms with E-state index < -0.39 is 0 Å². The maximum Gasteiger partial charge on any atom is 0.0541 e. The number of para-hydroxylation sites is 2. The van der Waals surface area contributed by atoms with Crippen LogP contribution in [0.15, 0.2) is 79.4 Å². The van der Waals surface area contributed by atoms with Crippen molar-refractivity contribution >= 4 is 44.9 Å². The number of fused-ring (bicyclic) bond motifs is 4. The Balaban J connectivity index is 1.90. The molecule has 0 aliphatic heterocycles. The maximum atomic E-state index is 4.07. The highest BCUT2D eigenvalue weighted by atomic mass is 15.0. The van der Waals surface area contributed by atoms with Crippen LogP contribution in [-0.4, -0.2) is 9.13 Å². The van der Waals surface area contributed by atoms with Gasteiger partial charge in [0.25, 0.3) is 0 Å². The molecule has 0 unspecified atom stereocenters. The zero-order valence-corrected chi connectivity index (χ0v) is 16.2. The van der Waals surface area contributed by atoms with Gasteiger partial charge in [0.1, 0.15) is 0 Å². The molecule has 0 saturated carbocycles. The highest BCUT2D eigenvalue weighted by Gasteiger charge is 2.16. The van der Waals surface area contributed by atoms with Gasteiger partial charge in [0, 0.05) is 45.5 Å². The van der Waals surface area contributed by atoms with Crippen LogP contribution in [0.1, 0.15) is 18.2 Å². The van der Waals surface area contributed by atoms with Crippen LogP contribution in [0, 0.1) is 0 Å². The Morgan fingerprint density at radius 1 is 0.786 bits per heavy atom. The van der Waals surface area contributed by atoms with Gasteiger partial charge in [-0.3, -0.25) is 0 Å². The van der Waals surface area contributed by atoms with Gasteiger partial charge in [-0.05, 0) is 43.3 Å². The van der Waals surface area contributed by atoms with Gasteiger partial charge in [-0.1, -0.05) is 55.1 Å². The molecule has 5 rings (SSSR count). The van der Waals surface area contributed by atoms with Gasteiger partial charge in [0.15, 0.2) is 0 Å². The summed E-state index contributed by atoms with van der Waals surface area (Å²) in [5, 5.41) is 3.79. The molecule has 2 heteroatoms. The Morgan fingerprint density at radius 2 is 1.46 bits per heavy atom. The third kappa shape index (κ3) is 2.21. The number of hydrogen-bond donors (Lipinski definition) is 0. The molecule has 0 aliphatic rings. The lowest BCUT2D eigenvalue weighted by Crippen LogP contribution is -1.97. The van der Waals surface area contributed by atoms with E-state index in [1.54, 1.807) is 0 Å². The molecule has 0 saturated heterocycles. The van der Waals surface area contributed by atoms with Gasteiger partial charge < -0.3 is 9.13 Å². The van der Waals surface area contributed by atoms with Crippen LogP contribution in [0.3, 0.4) is 0 Å². The van der Waals surface area contributed by atoms with Crippen LogP contribution in [0.25, 0.3) is 50.5 Å². The molecule has 0 N–H and O–H groups in total. The van der Waals surface area contributed by atoms with E-state index in [1.165, 1.54) is 49.7 Å². The van der Waals surface area contributed by atoms with Gasteiger partial charge >= 0.3 is 0 Å². The first-order valence-corrected chi connectivity index (χ1v) is 9.60. The molecular weight excluding hydrogens is 340 g/mol. The molecule has 136 valence electrons. The molecule has 3 aromatic carbocycles. The number of rotatable bonds is 3. The molecule has 2 nitrogen and oxygen atoms in total. The average Bonchev–Trinajstić information content (AvgIpc) is 3.20. The SMILES string of the molecule is C=Cc1c(/C=C\C)n(-c2ccc3c(c2)c2ccccc2n3C)c2ccccc12. The number of hydrogen-bond acceptors (Lipinski definition) is 0. The normalized spacial score (nSPS) is 11.9. The Bertz CT molecular complexity index is 1390. The summed E-state index contributed by atoms with van der Waals surface area (Å²) in [7, 11) is 2.14. The smallest absolute Gasteiger partial charge is 0.0541 e. The molecule has 0 aliphatic carbocycles. The van der Waals surface area contributed by atoms with E-state index in [2.05, 4.69) is 109 Å². The monoisotopic (exact) mass is 362 g/mol. The van der Waals surface area contributed by atoms with E-state index in [0.717, 1.165) is 0 Å². The number of allylic oxidation sites excluding steroid dienone is 1. The molecule has 2 aromatic heterocycles. The fourth-order valence-corrected chi connectivity index (χ4v) is 4.39. The van der Waals surface area contributed by atoms with Crippen molar-refractivity contribution in [3.63, 3.8) is 0 Å². The van der Waals surface area contributed by atoms with Gasteiger partial charge in [0.05, 0.1) is 11.2 Å². The van der Waals surface area contributed by atoms with Crippen molar-refractivity contribution in [1.29, 1.82) is 0 Å². The Labute approximate surface area is 164 Å². The van der Waals surface area contributed by atoms with Crippen molar-refractivity contribution < 1.29 is 0 Å². The molecule has 0 amide bonds. The van der Waals surface area contributed by atoms with Gasteiger partial charge in [-0.2, -0.15) is 0 Å². The summed E-state index contributed by atoms with van der Waals surface area (Å²) in [6, 6.07) is 23.9. The maximum absolute atomic E-state index is 4.07. The largest absolute Gasteiger partial charge is 0.344 e. The van der Waals surface area contributed by atoms with E-state index in [0.29, 0.717) is 0 Å². The summed E-state index contributed by atoms with van der Waals surface area (Å²) >= 11 is 0. The predicted molar refractivity (Wildman–Crippen MR) is 122 cm³/mol. The van der Waals surface area contributed by atoms with Gasteiger partial charge in [-0.25, -0.2) is 0 Å². The highest BCUT2D eigenvalue weighted by Crippen LogP contribution is 2.34. The Morgan fingerprint density at radius 3 is 2.21 bits per heavy atom. The third-order valence-corrected chi connectivity index (χ3v) is 5.64. The van der Waals surface area contributed by atoms with Gasteiger partial charge in [-0.15, -0.1) is 0 Å². The summed E-state index contributed by atoms with van der Waals surface area (Å²) < 4.78 is 4.61. The Kier molecular flexibility index (Phi) is 3.73. The zero-order chi connectivity index (χ0) is 19.3. The fraction of sp³-hybridized carbons (Fsp3) is 0.0769. The second-order valence-electron chi connectivity index (χ2n) is 7.13. The number of benzene rings is 3. The molecule has 0 radical (unpaired) electrons. The second kappa shape index (κ2) is 6.28. The van der Waals surface area contributed by atoms with E-state index in [9.17, 15) is 0 Å². The zero-order valence-electron chi connectivity index (χ0n) is 16.2. The minimum absolute atomic E-state index is 1.17. The minimum atomic E-state index is 1.17. The summed E-state index contributed by atoms with van der Waals surface area (Å²) in [4.78, 5) is 0. The minimum Gasteiger partial charge on any atom is -0.344 e. The first-order valence-electron chi connectivity index (χ1n) is 9.60. The predicted octanol–water partition coefficient (Wildman–Crippen LogP) is 6.95. The van der Waals surface area contributed by atoms with E-state index >= 15 is 0 Å². The lowest BCUT2D eigenvalue weighted by molar-refractivity contribution is 1.01.